The Hall–Kier alpha value is -0.940. The Labute approximate surface area is 114 Å². The van der Waals surface area contributed by atoms with E-state index in [4.69, 9.17) is 4.74 Å². The van der Waals surface area contributed by atoms with Crippen molar-refractivity contribution in [3.8, 4) is 0 Å². The first-order valence-electron chi connectivity index (χ1n) is 7.39. The average molecular weight is 268 g/mol. The van der Waals surface area contributed by atoms with Crippen LogP contribution in [0.3, 0.4) is 0 Å². The molecule has 2 atom stereocenters. The van der Waals surface area contributed by atoms with Crippen molar-refractivity contribution >= 4 is 11.9 Å². The molecular weight excluding hydrogens is 244 g/mol. The Morgan fingerprint density at radius 3 is 1.74 bits per heavy atom. The molecule has 2 N–H and O–H groups in total. The lowest BCUT2D eigenvalue weighted by atomic mass is 9.96. The van der Waals surface area contributed by atoms with E-state index in [9.17, 15) is 9.59 Å². The second-order valence-electron chi connectivity index (χ2n) is 5.68. The van der Waals surface area contributed by atoms with Crippen molar-refractivity contribution < 1.29 is 14.3 Å². The molecule has 2 unspecified atom stereocenters. The van der Waals surface area contributed by atoms with Crippen molar-refractivity contribution in [2.75, 3.05) is 26.2 Å². The average Bonchev–Trinajstić information content (AvgIpc) is 2.40. The van der Waals surface area contributed by atoms with Gasteiger partial charge in [0.1, 0.15) is 0 Å². The monoisotopic (exact) mass is 268 g/mol. The fourth-order valence-electron chi connectivity index (χ4n) is 2.88. The van der Waals surface area contributed by atoms with Gasteiger partial charge >= 0.3 is 11.9 Å². The molecule has 0 spiro atoms. The topological polar surface area (TPSA) is 67.4 Å². The quantitative estimate of drug-likeness (QED) is 0.584. The van der Waals surface area contributed by atoms with E-state index in [0.29, 0.717) is 24.7 Å². The van der Waals surface area contributed by atoms with Crippen LogP contribution in [-0.2, 0) is 14.3 Å². The van der Waals surface area contributed by atoms with Crippen LogP contribution in [0.2, 0.25) is 0 Å². The molecule has 0 aromatic rings. The van der Waals surface area contributed by atoms with Crippen molar-refractivity contribution in [1.82, 2.24) is 10.6 Å². The number of piperidine rings is 2. The summed E-state index contributed by atoms with van der Waals surface area (Å²) in [7, 11) is 0. The molecule has 2 rings (SSSR count). The Morgan fingerprint density at radius 1 is 0.895 bits per heavy atom. The number of esters is 2. The van der Waals surface area contributed by atoms with Crippen molar-refractivity contribution in [2.45, 2.75) is 38.5 Å². The van der Waals surface area contributed by atoms with E-state index < -0.39 is 0 Å². The molecular formula is C14H24N2O3. The van der Waals surface area contributed by atoms with Crippen LogP contribution in [0.15, 0.2) is 0 Å². The second-order valence-corrected chi connectivity index (χ2v) is 5.68. The molecule has 5 nitrogen and oxygen atoms in total. The fourth-order valence-corrected chi connectivity index (χ4v) is 2.88. The lowest BCUT2D eigenvalue weighted by Gasteiger charge is -2.22. The molecule has 0 bridgehead atoms. The van der Waals surface area contributed by atoms with Gasteiger partial charge in [-0.1, -0.05) is 0 Å². The number of hydrogen-bond donors (Lipinski definition) is 2. The van der Waals surface area contributed by atoms with E-state index in [2.05, 4.69) is 10.6 Å². The summed E-state index contributed by atoms with van der Waals surface area (Å²) in [4.78, 5) is 23.4. The van der Waals surface area contributed by atoms with Crippen LogP contribution in [0, 0.1) is 11.8 Å². The standard InChI is InChI=1S/C14H24N2O3/c17-13(7-11-3-1-5-15-9-11)19-14(18)8-12-4-2-6-16-10-12/h11-12,15-16H,1-10H2. The molecule has 0 aliphatic carbocycles. The highest BCUT2D eigenvalue weighted by Gasteiger charge is 2.22. The van der Waals surface area contributed by atoms with Crippen molar-refractivity contribution in [2.24, 2.45) is 11.8 Å². The summed E-state index contributed by atoms with van der Waals surface area (Å²) in [5.41, 5.74) is 0. The summed E-state index contributed by atoms with van der Waals surface area (Å²) < 4.78 is 4.92. The zero-order chi connectivity index (χ0) is 13.5. The normalized spacial score (nSPS) is 27.8. The van der Waals surface area contributed by atoms with Gasteiger partial charge in [0.25, 0.3) is 0 Å². The highest BCUT2D eigenvalue weighted by atomic mass is 16.6. The maximum absolute atomic E-state index is 11.7. The highest BCUT2D eigenvalue weighted by Crippen LogP contribution is 2.17. The van der Waals surface area contributed by atoms with Gasteiger partial charge in [0, 0.05) is 0 Å². The fraction of sp³-hybridized carbons (Fsp3) is 0.857. The van der Waals surface area contributed by atoms with Gasteiger partial charge in [-0.25, -0.2) is 0 Å². The molecule has 0 radical (unpaired) electrons. The summed E-state index contributed by atoms with van der Waals surface area (Å²) >= 11 is 0. The predicted molar refractivity (Wildman–Crippen MR) is 71.5 cm³/mol. The SMILES string of the molecule is O=C(CC1CCCNC1)OC(=O)CC1CCCNC1. The van der Waals surface area contributed by atoms with Gasteiger partial charge in [0.05, 0.1) is 12.8 Å². The molecule has 2 heterocycles. The maximum atomic E-state index is 11.7. The molecule has 2 aliphatic heterocycles. The molecule has 2 aliphatic rings. The van der Waals surface area contributed by atoms with E-state index in [-0.39, 0.29) is 11.9 Å². The maximum Gasteiger partial charge on any atom is 0.313 e. The summed E-state index contributed by atoms with van der Waals surface area (Å²) in [5.74, 6) is -0.0688. The van der Waals surface area contributed by atoms with Crippen LogP contribution < -0.4 is 10.6 Å². The molecule has 19 heavy (non-hydrogen) atoms. The number of rotatable bonds is 4. The first-order chi connectivity index (χ1) is 9.24. The van der Waals surface area contributed by atoms with Crippen LogP contribution in [-0.4, -0.2) is 38.1 Å². The zero-order valence-corrected chi connectivity index (χ0v) is 11.5. The molecule has 0 amide bonds. The third-order valence-electron chi connectivity index (χ3n) is 3.94. The molecule has 0 aromatic heterocycles. The molecule has 0 aromatic carbocycles. The van der Waals surface area contributed by atoms with Crippen LogP contribution >= 0.6 is 0 Å². The summed E-state index contributed by atoms with van der Waals surface area (Å²) in [5, 5.41) is 6.52. The number of carbonyl (C=O) groups is 2. The minimum Gasteiger partial charge on any atom is -0.393 e. The predicted octanol–water partition coefficient (Wildman–Crippen LogP) is 0.836. The van der Waals surface area contributed by atoms with Crippen molar-refractivity contribution in [3.63, 3.8) is 0 Å². The number of nitrogens with one attached hydrogen (secondary N) is 2. The number of carbonyl (C=O) groups excluding carboxylic acids is 2. The van der Waals surface area contributed by atoms with Gasteiger partial charge in [-0.05, 0) is 63.7 Å². The van der Waals surface area contributed by atoms with Crippen LogP contribution in [0.1, 0.15) is 38.5 Å². The largest absolute Gasteiger partial charge is 0.393 e. The third-order valence-corrected chi connectivity index (χ3v) is 3.94. The Morgan fingerprint density at radius 2 is 1.37 bits per heavy atom. The lowest BCUT2D eigenvalue weighted by Crippen LogP contribution is -2.33. The summed E-state index contributed by atoms with van der Waals surface area (Å²) in [6.07, 6.45) is 5.01. The van der Waals surface area contributed by atoms with Crippen LogP contribution in [0.5, 0.6) is 0 Å². The minimum atomic E-state index is -0.359. The van der Waals surface area contributed by atoms with Crippen molar-refractivity contribution in [1.29, 1.82) is 0 Å². The first-order valence-corrected chi connectivity index (χ1v) is 7.39. The van der Waals surface area contributed by atoms with Gasteiger partial charge in [-0.2, -0.15) is 0 Å². The summed E-state index contributed by atoms with van der Waals surface area (Å²) in [6.45, 7) is 3.77. The number of hydrogen-bond acceptors (Lipinski definition) is 5. The minimum absolute atomic E-state index is 0.324. The van der Waals surface area contributed by atoms with Crippen molar-refractivity contribution in [3.05, 3.63) is 0 Å². The molecule has 2 fully saturated rings. The Balaban J connectivity index is 1.64. The highest BCUT2D eigenvalue weighted by molar-refractivity contribution is 5.85. The van der Waals surface area contributed by atoms with Gasteiger partial charge in [-0.15, -0.1) is 0 Å². The summed E-state index contributed by atoms with van der Waals surface area (Å²) in [6, 6.07) is 0. The van der Waals surface area contributed by atoms with Gasteiger partial charge in [-0.3, -0.25) is 9.59 Å². The second kappa shape index (κ2) is 7.60. The van der Waals surface area contributed by atoms with Gasteiger partial charge < -0.3 is 15.4 Å². The van der Waals surface area contributed by atoms with E-state index in [1.165, 1.54) is 0 Å². The molecule has 0 saturated carbocycles. The Bertz CT molecular complexity index is 278. The van der Waals surface area contributed by atoms with E-state index in [1.54, 1.807) is 0 Å². The van der Waals surface area contributed by atoms with Crippen LogP contribution in [0.4, 0.5) is 0 Å². The first kappa shape index (κ1) is 14.5. The van der Waals surface area contributed by atoms with E-state index >= 15 is 0 Å². The zero-order valence-electron chi connectivity index (χ0n) is 11.5. The molecule has 2 saturated heterocycles. The molecule has 5 heteroatoms. The molecule has 108 valence electrons. The van der Waals surface area contributed by atoms with Crippen LogP contribution in [0.25, 0.3) is 0 Å². The van der Waals surface area contributed by atoms with E-state index in [1.807, 2.05) is 0 Å². The van der Waals surface area contributed by atoms with Gasteiger partial charge in [0.15, 0.2) is 0 Å². The Kier molecular flexibility index (Phi) is 5.79. The lowest BCUT2D eigenvalue weighted by molar-refractivity contribution is -0.161. The van der Waals surface area contributed by atoms with Gasteiger partial charge in [0.2, 0.25) is 0 Å². The smallest absolute Gasteiger partial charge is 0.313 e. The van der Waals surface area contributed by atoms with E-state index in [0.717, 1.165) is 51.9 Å². The number of ether oxygens (including phenoxy) is 1. The third kappa shape index (κ3) is 5.28.